The van der Waals surface area contributed by atoms with Gasteiger partial charge in [0, 0.05) is 28.9 Å². The summed E-state index contributed by atoms with van der Waals surface area (Å²) in [7, 11) is 0. The van der Waals surface area contributed by atoms with Crippen molar-refractivity contribution in [2.45, 2.75) is 17.3 Å². The number of thioether (sulfide) groups is 1. The number of aromatic nitrogens is 1. The van der Waals surface area contributed by atoms with Gasteiger partial charge in [-0.2, -0.15) is 0 Å². The highest BCUT2D eigenvalue weighted by Crippen LogP contribution is 2.29. The van der Waals surface area contributed by atoms with Gasteiger partial charge in [0.1, 0.15) is 10.1 Å². The highest BCUT2D eigenvalue weighted by Gasteiger charge is 2.12. The third-order valence-corrected chi connectivity index (χ3v) is 4.50. The van der Waals surface area contributed by atoms with Gasteiger partial charge < -0.3 is 10.5 Å². The Morgan fingerprint density at radius 3 is 3.00 bits per heavy atom. The van der Waals surface area contributed by atoms with Crippen molar-refractivity contribution in [3.05, 3.63) is 41.4 Å². The zero-order valence-corrected chi connectivity index (χ0v) is 11.8. The molecule has 0 saturated heterocycles. The van der Waals surface area contributed by atoms with Gasteiger partial charge in [-0.25, -0.2) is 4.98 Å². The van der Waals surface area contributed by atoms with E-state index >= 15 is 0 Å². The maximum atomic E-state index is 6.22. The van der Waals surface area contributed by atoms with Crippen LogP contribution in [-0.2, 0) is 0 Å². The summed E-state index contributed by atoms with van der Waals surface area (Å²) >= 11 is 3.32. The molecule has 18 heavy (non-hydrogen) atoms. The SMILES string of the molecule is CCOc1ccccc1C(N)CSc1nccs1. The van der Waals surface area contributed by atoms with E-state index in [1.807, 2.05) is 42.8 Å². The summed E-state index contributed by atoms with van der Waals surface area (Å²) in [6.07, 6.45) is 1.81. The van der Waals surface area contributed by atoms with E-state index in [1.54, 1.807) is 23.1 Å². The minimum absolute atomic E-state index is 0.0401. The van der Waals surface area contributed by atoms with Crippen molar-refractivity contribution >= 4 is 23.1 Å². The molecule has 0 bridgehead atoms. The van der Waals surface area contributed by atoms with Gasteiger partial charge in [-0.15, -0.1) is 11.3 Å². The van der Waals surface area contributed by atoms with Crippen LogP contribution in [0.2, 0.25) is 0 Å². The highest BCUT2D eigenvalue weighted by atomic mass is 32.2. The predicted octanol–water partition coefficient (Wildman–Crippen LogP) is 3.33. The summed E-state index contributed by atoms with van der Waals surface area (Å²) in [6, 6.07) is 7.91. The first-order valence-electron chi connectivity index (χ1n) is 5.81. The molecule has 0 spiro atoms. The number of hydrogen-bond donors (Lipinski definition) is 1. The van der Waals surface area contributed by atoms with Crippen LogP contribution in [-0.4, -0.2) is 17.3 Å². The fourth-order valence-corrected chi connectivity index (χ4v) is 3.25. The second-order valence-electron chi connectivity index (χ2n) is 3.69. The van der Waals surface area contributed by atoms with E-state index in [0.29, 0.717) is 6.61 Å². The number of hydrogen-bond acceptors (Lipinski definition) is 5. The Morgan fingerprint density at radius 2 is 2.28 bits per heavy atom. The summed E-state index contributed by atoms with van der Waals surface area (Å²) < 4.78 is 6.65. The summed E-state index contributed by atoms with van der Waals surface area (Å²) in [5, 5.41) is 1.97. The smallest absolute Gasteiger partial charge is 0.149 e. The largest absolute Gasteiger partial charge is 0.494 e. The number of rotatable bonds is 6. The van der Waals surface area contributed by atoms with Gasteiger partial charge in [-0.05, 0) is 13.0 Å². The van der Waals surface area contributed by atoms with E-state index in [9.17, 15) is 0 Å². The normalized spacial score (nSPS) is 12.3. The quantitative estimate of drug-likeness (QED) is 0.825. The van der Waals surface area contributed by atoms with Crippen LogP contribution in [0.25, 0.3) is 0 Å². The Hall–Kier alpha value is -1.04. The van der Waals surface area contributed by atoms with Gasteiger partial charge in [0.05, 0.1) is 6.61 Å². The summed E-state index contributed by atoms with van der Waals surface area (Å²) in [4.78, 5) is 4.24. The third-order valence-electron chi connectivity index (χ3n) is 2.41. The van der Waals surface area contributed by atoms with E-state index in [2.05, 4.69) is 4.98 Å². The summed E-state index contributed by atoms with van der Waals surface area (Å²) in [6.45, 7) is 2.63. The molecule has 0 amide bonds. The molecule has 0 aliphatic heterocycles. The molecule has 1 aromatic heterocycles. The van der Waals surface area contributed by atoms with Crippen molar-refractivity contribution in [3.63, 3.8) is 0 Å². The Balaban J connectivity index is 2.01. The summed E-state index contributed by atoms with van der Waals surface area (Å²) in [5.74, 6) is 1.68. The molecule has 1 aromatic carbocycles. The Labute approximate surface area is 115 Å². The monoisotopic (exact) mass is 280 g/mol. The lowest BCUT2D eigenvalue weighted by Gasteiger charge is -2.15. The van der Waals surface area contributed by atoms with Crippen LogP contribution < -0.4 is 10.5 Å². The molecule has 5 heteroatoms. The van der Waals surface area contributed by atoms with E-state index < -0.39 is 0 Å². The van der Waals surface area contributed by atoms with E-state index in [4.69, 9.17) is 10.5 Å². The molecule has 0 radical (unpaired) electrons. The molecule has 2 N–H and O–H groups in total. The van der Waals surface area contributed by atoms with Crippen molar-refractivity contribution in [2.24, 2.45) is 5.73 Å². The van der Waals surface area contributed by atoms with E-state index in [-0.39, 0.29) is 6.04 Å². The van der Waals surface area contributed by atoms with E-state index in [0.717, 1.165) is 21.4 Å². The van der Waals surface area contributed by atoms with Gasteiger partial charge in [-0.1, -0.05) is 30.0 Å². The molecule has 96 valence electrons. The van der Waals surface area contributed by atoms with Crippen LogP contribution in [0.5, 0.6) is 5.75 Å². The molecule has 1 heterocycles. The molecule has 1 unspecified atom stereocenters. The van der Waals surface area contributed by atoms with Crippen molar-refractivity contribution in [1.29, 1.82) is 0 Å². The first-order chi connectivity index (χ1) is 8.81. The van der Waals surface area contributed by atoms with Gasteiger partial charge >= 0.3 is 0 Å². The standard InChI is InChI=1S/C13H16N2OS2/c1-2-16-12-6-4-3-5-10(12)11(14)9-18-13-15-7-8-17-13/h3-8,11H,2,9,14H2,1H3. The molecule has 0 aliphatic carbocycles. The minimum atomic E-state index is -0.0401. The Kier molecular flexibility index (Phi) is 5.04. The van der Waals surface area contributed by atoms with Gasteiger partial charge in [0.15, 0.2) is 0 Å². The Bertz CT molecular complexity index is 474. The average molecular weight is 280 g/mol. The zero-order valence-electron chi connectivity index (χ0n) is 10.2. The van der Waals surface area contributed by atoms with Crippen LogP contribution in [0.3, 0.4) is 0 Å². The predicted molar refractivity (Wildman–Crippen MR) is 77.4 cm³/mol. The molecule has 3 nitrogen and oxygen atoms in total. The lowest BCUT2D eigenvalue weighted by Crippen LogP contribution is -2.14. The molecule has 1 atom stereocenters. The molecular formula is C13H16N2OS2. The van der Waals surface area contributed by atoms with Crippen molar-refractivity contribution in [1.82, 2.24) is 4.98 Å². The molecule has 0 fully saturated rings. The van der Waals surface area contributed by atoms with Crippen LogP contribution in [0.4, 0.5) is 0 Å². The van der Waals surface area contributed by atoms with Crippen LogP contribution in [0.15, 0.2) is 40.2 Å². The first-order valence-corrected chi connectivity index (χ1v) is 7.67. The van der Waals surface area contributed by atoms with Crippen LogP contribution in [0, 0.1) is 0 Å². The average Bonchev–Trinajstić information content (AvgIpc) is 2.90. The number of para-hydroxylation sites is 1. The second-order valence-corrected chi connectivity index (χ2v) is 5.85. The number of nitrogens with two attached hydrogens (primary N) is 1. The van der Waals surface area contributed by atoms with Gasteiger partial charge in [-0.3, -0.25) is 0 Å². The third kappa shape index (κ3) is 3.48. The summed E-state index contributed by atoms with van der Waals surface area (Å²) in [5.41, 5.74) is 7.28. The highest BCUT2D eigenvalue weighted by molar-refractivity contribution is 8.01. The number of benzene rings is 1. The first kappa shape index (κ1) is 13.4. The molecule has 2 rings (SSSR count). The number of nitrogens with zero attached hydrogens (tertiary/aromatic N) is 1. The maximum absolute atomic E-state index is 6.22. The fraction of sp³-hybridized carbons (Fsp3) is 0.308. The number of thiazole rings is 1. The molecule has 0 saturated carbocycles. The van der Waals surface area contributed by atoms with Gasteiger partial charge in [0.25, 0.3) is 0 Å². The molecule has 0 aliphatic rings. The van der Waals surface area contributed by atoms with Crippen molar-refractivity contribution < 1.29 is 4.74 Å². The zero-order chi connectivity index (χ0) is 12.8. The number of ether oxygens (including phenoxy) is 1. The van der Waals surface area contributed by atoms with Gasteiger partial charge in [0.2, 0.25) is 0 Å². The van der Waals surface area contributed by atoms with Crippen molar-refractivity contribution in [3.8, 4) is 5.75 Å². The second kappa shape index (κ2) is 6.78. The lowest BCUT2D eigenvalue weighted by atomic mass is 10.1. The van der Waals surface area contributed by atoms with Crippen LogP contribution >= 0.6 is 23.1 Å². The Morgan fingerprint density at radius 1 is 1.44 bits per heavy atom. The van der Waals surface area contributed by atoms with Crippen LogP contribution in [0.1, 0.15) is 18.5 Å². The molecule has 2 aromatic rings. The molecular weight excluding hydrogens is 264 g/mol. The van der Waals surface area contributed by atoms with E-state index in [1.165, 1.54) is 0 Å². The fourth-order valence-electron chi connectivity index (χ4n) is 1.61. The maximum Gasteiger partial charge on any atom is 0.149 e. The lowest BCUT2D eigenvalue weighted by molar-refractivity contribution is 0.335. The topological polar surface area (TPSA) is 48.1 Å². The van der Waals surface area contributed by atoms with Crippen molar-refractivity contribution in [2.75, 3.05) is 12.4 Å². The minimum Gasteiger partial charge on any atom is -0.494 e.